The van der Waals surface area contributed by atoms with Gasteiger partial charge in [0.2, 0.25) is 5.95 Å². The van der Waals surface area contributed by atoms with E-state index in [0.717, 1.165) is 38.3 Å². The molecule has 3 aromatic heterocycles. The van der Waals surface area contributed by atoms with Crippen LogP contribution in [0.25, 0.3) is 32.6 Å². The highest BCUT2D eigenvalue weighted by molar-refractivity contribution is 7.22. The molecule has 196 valence electrons. The van der Waals surface area contributed by atoms with Crippen LogP contribution in [-0.4, -0.2) is 61.7 Å². The van der Waals surface area contributed by atoms with Crippen molar-refractivity contribution >= 4 is 44.6 Å². The molecule has 0 unspecified atom stereocenters. The number of carbonyl (C=O) groups is 2. The number of aryl methyl sites for hydroxylation is 1. The van der Waals surface area contributed by atoms with Crippen LogP contribution in [-0.2, 0) is 4.79 Å². The molecule has 0 radical (unpaired) electrons. The highest BCUT2D eigenvalue weighted by Crippen LogP contribution is 2.38. The lowest BCUT2D eigenvalue weighted by atomic mass is 9.80. The summed E-state index contributed by atoms with van der Waals surface area (Å²) in [5, 5.41) is 15.5. The van der Waals surface area contributed by atoms with Crippen molar-refractivity contribution in [3.63, 3.8) is 0 Å². The molecule has 4 aromatic rings. The molecule has 4 heterocycles. The van der Waals surface area contributed by atoms with Gasteiger partial charge in [-0.05, 0) is 57.4 Å². The van der Waals surface area contributed by atoms with Crippen molar-refractivity contribution < 1.29 is 14.7 Å². The number of nitrogens with one attached hydrogen (secondary N) is 2. The first-order valence-electron chi connectivity index (χ1n) is 12.3. The maximum atomic E-state index is 12.1. The van der Waals surface area contributed by atoms with Gasteiger partial charge in [-0.15, -0.1) is 0 Å². The fraction of sp³-hybridized carbons (Fsp3) is 0.346. The molecule has 0 bridgehead atoms. The molecule has 38 heavy (non-hydrogen) atoms. The van der Waals surface area contributed by atoms with Crippen LogP contribution >= 0.6 is 11.3 Å². The normalized spacial score (nSPS) is 14.9. The van der Waals surface area contributed by atoms with Crippen LogP contribution in [0, 0.1) is 12.3 Å². The number of rotatable bonds is 6. The van der Waals surface area contributed by atoms with Gasteiger partial charge in [-0.3, -0.25) is 10.1 Å². The Morgan fingerprint density at radius 2 is 1.82 bits per heavy atom. The molecule has 1 fully saturated rings. The Labute approximate surface area is 223 Å². The predicted octanol–water partition coefficient (Wildman–Crippen LogP) is 4.35. The van der Waals surface area contributed by atoms with Gasteiger partial charge in [0.05, 0.1) is 21.3 Å². The summed E-state index contributed by atoms with van der Waals surface area (Å²) >= 11 is 1.38. The van der Waals surface area contributed by atoms with Crippen LogP contribution in [0.3, 0.4) is 0 Å². The average molecular weight is 533 g/mol. The van der Waals surface area contributed by atoms with E-state index in [4.69, 9.17) is 0 Å². The fourth-order valence-corrected chi connectivity index (χ4v) is 5.36. The summed E-state index contributed by atoms with van der Waals surface area (Å²) in [6.45, 7) is 7.24. The van der Waals surface area contributed by atoms with Crippen molar-refractivity contribution in [2.24, 2.45) is 5.41 Å². The van der Waals surface area contributed by atoms with E-state index in [1.807, 2.05) is 36.9 Å². The van der Waals surface area contributed by atoms with Gasteiger partial charge >= 0.3 is 12.0 Å². The topological polar surface area (TPSA) is 146 Å². The minimum absolute atomic E-state index is 0.309. The van der Waals surface area contributed by atoms with E-state index < -0.39 is 11.4 Å². The Kier molecular flexibility index (Phi) is 6.89. The van der Waals surface area contributed by atoms with Crippen molar-refractivity contribution in [3.8, 4) is 22.4 Å². The first-order chi connectivity index (χ1) is 18.3. The summed E-state index contributed by atoms with van der Waals surface area (Å²) in [5.74, 6) is -0.180. The number of thiazole rings is 1. The Balaban J connectivity index is 1.48. The summed E-state index contributed by atoms with van der Waals surface area (Å²) < 4.78 is 0.894. The van der Waals surface area contributed by atoms with E-state index in [0.29, 0.717) is 43.6 Å². The Bertz CT molecular complexity index is 1500. The predicted molar refractivity (Wildman–Crippen MR) is 146 cm³/mol. The number of fused-ring (bicyclic) bond motifs is 1. The van der Waals surface area contributed by atoms with Crippen LogP contribution in [0.15, 0.2) is 36.9 Å². The molecule has 3 N–H and O–H groups in total. The summed E-state index contributed by atoms with van der Waals surface area (Å²) in [6.07, 6.45) is 6.15. The zero-order valence-electron chi connectivity index (χ0n) is 21.4. The second-order valence-corrected chi connectivity index (χ2v) is 10.5. The van der Waals surface area contributed by atoms with E-state index in [2.05, 4.69) is 35.6 Å². The number of anilines is 2. The van der Waals surface area contributed by atoms with Gasteiger partial charge in [0.25, 0.3) is 0 Å². The molecule has 1 aromatic carbocycles. The molecule has 2 amide bonds. The Hall–Kier alpha value is -4.19. The van der Waals surface area contributed by atoms with Gasteiger partial charge in [0.1, 0.15) is 6.33 Å². The Morgan fingerprint density at radius 1 is 1.08 bits per heavy atom. The molecule has 12 heteroatoms. The number of benzene rings is 1. The molecular weight excluding hydrogens is 504 g/mol. The van der Waals surface area contributed by atoms with Crippen molar-refractivity contribution in [2.45, 2.75) is 33.6 Å². The molecule has 0 aliphatic carbocycles. The standard InChI is InChI=1S/C26H28N8O3S/c1-4-27-24(37)33-25-32-20-11-16(10-18(21(20)38-25)19-9-15(2)30-14-31-19)17-12-28-23(29-13-17)34-7-5-26(3,6-8-34)22(35)36/h9-14H,4-8H2,1-3H3,(H,35,36)(H2,27,32,33,37). The molecule has 0 atom stereocenters. The SMILES string of the molecule is CCNC(=O)Nc1nc2cc(-c3cnc(N4CCC(C)(C(=O)O)CC4)nc3)cc(-c3cc(C)ncn3)c2s1. The first-order valence-corrected chi connectivity index (χ1v) is 13.2. The summed E-state index contributed by atoms with van der Waals surface area (Å²) in [4.78, 5) is 48.2. The number of carboxylic acid groups (broad SMARTS) is 1. The van der Waals surface area contributed by atoms with E-state index in [1.54, 1.807) is 19.3 Å². The lowest BCUT2D eigenvalue weighted by Crippen LogP contribution is -2.43. The van der Waals surface area contributed by atoms with Crippen LogP contribution in [0.2, 0.25) is 0 Å². The van der Waals surface area contributed by atoms with Crippen LogP contribution < -0.4 is 15.5 Å². The molecule has 11 nitrogen and oxygen atoms in total. The van der Waals surface area contributed by atoms with E-state index in [9.17, 15) is 14.7 Å². The van der Waals surface area contributed by atoms with Crippen molar-refractivity contribution in [1.29, 1.82) is 0 Å². The van der Waals surface area contributed by atoms with E-state index in [1.165, 1.54) is 17.7 Å². The highest BCUT2D eigenvalue weighted by Gasteiger charge is 2.37. The van der Waals surface area contributed by atoms with Crippen LogP contribution in [0.1, 0.15) is 32.4 Å². The van der Waals surface area contributed by atoms with Gasteiger partial charge in [-0.1, -0.05) is 11.3 Å². The number of nitrogens with zero attached hydrogens (tertiary/aromatic N) is 6. The molecule has 5 rings (SSSR count). The molecule has 1 aliphatic heterocycles. The van der Waals surface area contributed by atoms with E-state index in [-0.39, 0.29) is 6.03 Å². The van der Waals surface area contributed by atoms with Crippen LogP contribution in [0.5, 0.6) is 0 Å². The number of aliphatic carboxylic acids is 1. The molecule has 0 saturated carbocycles. The monoisotopic (exact) mass is 532 g/mol. The number of aromatic nitrogens is 5. The van der Waals surface area contributed by atoms with Gasteiger partial charge < -0.3 is 15.3 Å². The summed E-state index contributed by atoms with van der Waals surface area (Å²) in [6, 6.07) is 5.58. The van der Waals surface area contributed by atoms with Crippen molar-refractivity contribution in [1.82, 2.24) is 30.2 Å². The van der Waals surface area contributed by atoms with Gasteiger partial charge in [0.15, 0.2) is 5.13 Å². The lowest BCUT2D eigenvalue weighted by molar-refractivity contribution is -0.149. The van der Waals surface area contributed by atoms with Gasteiger partial charge in [0, 0.05) is 48.8 Å². The minimum atomic E-state index is -0.759. The van der Waals surface area contributed by atoms with E-state index >= 15 is 0 Å². The zero-order valence-corrected chi connectivity index (χ0v) is 22.2. The Morgan fingerprint density at radius 3 is 2.47 bits per heavy atom. The smallest absolute Gasteiger partial charge is 0.321 e. The van der Waals surface area contributed by atoms with Crippen LogP contribution in [0.4, 0.5) is 15.9 Å². The zero-order chi connectivity index (χ0) is 26.9. The summed E-state index contributed by atoms with van der Waals surface area (Å²) in [5.41, 5.74) is 4.15. The second kappa shape index (κ2) is 10.3. The minimum Gasteiger partial charge on any atom is -0.481 e. The highest BCUT2D eigenvalue weighted by atomic mass is 32.1. The number of carboxylic acids is 1. The number of amides is 2. The third-order valence-electron chi connectivity index (χ3n) is 6.77. The number of urea groups is 1. The maximum absolute atomic E-state index is 12.1. The fourth-order valence-electron chi connectivity index (χ4n) is 4.39. The maximum Gasteiger partial charge on any atom is 0.321 e. The molecule has 0 spiro atoms. The number of carbonyl (C=O) groups excluding carboxylic acids is 1. The lowest BCUT2D eigenvalue weighted by Gasteiger charge is -2.36. The molecule has 1 aliphatic rings. The molecular formula is C26H28N8O3S. The third-order valence-corrected chi connectivity index (χ3v) is 7.79. The quantitative estimate of drug-likeness (QED) is 0.330. The number of hydrogen-bond donors (Lipinski definition) is 3. The summed E-state index contributed by atoms with van der Waals surface area (Å²) in [7, 11) is 0. The van der Waals surface area contributed by atoms with Gasteiger partial charge in [-0.2, -0.15) is 0 Å². The van der Waals surface area contributed by atoms with Crippen molar-refractivity contribution in [2.75, 3.05) is 29.9 Å². The number of hydrogen-bond acceptors (Lipinski definition) is 9. The number of piperidine rings is 1. The largest absolute Gasteiger partial charge is 0.481 e. The third kappa shape index (κ3) is 5.12. The van der Waals surface area contributed by atoms with Crippen molar-refractivity contribution in [3.05, 3.63) is 42.6 Å². The first kappa shape index (κ1) is 25.5. The average Bonchev–Trinajstić information content (AvgIpc) is 3.31. The van der Waals surface area contributed by atoms with Gasteiger partial charge in [-0.25, -0.2) is 29.7 Å². The second-order valence-electron chi connectivity index (χ2n) is 9.54. The molecule has 1 saturated heterocycles.